The highest BCUT2D eigenvalue weighted by Crippen LogP contribution is 2.02. The highest BCUT2D eigenvalue weighted by Gasteiger charge is 2.03. The number of unbranched alkanes of at least 4 members (excludes halogenated alkanes) is 3. The van der Waals surface area contributed by atoms with Crippen molar-refractivity contribution in [2.24, 2.45) is 0 Å². The maximum Gasteiger partial charge on any atom is 0.508 e. The molecule has 0 aliphatic heterocycles. The number of rotatable bonds is 11. The van der Waals surface area contributed by atoms with Crippen molar-refractivity contribution in [3.63, 3.8) is 0 Å². The second-order valence-corrected chi connectivity index (χ2v) is 3.81. The summed E-state index contributed by atoms with van der Waals surface area (Å²) >= 11 is 0. The van der Waals surface area contributed by atoms with Crippen molar-refractivity contribution in [3.8, 4) is 0 Å². The minimum Gasteiger partial charge on any atom is -0.434 e. The molecule has 0 aromatic rings. The van der Waals surface area contributed by atoms with E-state index in [2.05, 4.69) is 22.6 Å². The van der Waals surface area contributed by atoms with E-state index in [0.717, 1.165) is 25.7 Å². The summed E-state index contributed by atoms with van der Waals surface area (Å²) in [5.74, 6) is 0. The highest BCUT2D eigenvalue weighted by atomic mass is 16.7. The van der Waals surface area contributed by atoms with Crippen LogP contribution in [0.15, 0.2) is 25.3 Å². The van der Waals surface area contributed by atoms with Crippen LogP contribution in [0.5, 0.6) is 0 Å². The van der Waals surface area contributed by atoms with E-state index in [4.69, 9.17) is 9.47 Å². The van der Waals surface area contributed by atoms with Crippen molar-refractivity contribution >= 4 is 12.3 Å². The molecule has 0 N–H and O–H groups in total. The van der Waals surface area contributed by atoms with Crippen molar-refractivity contribution in [2.75, 3.05) is 26.4 Å². The van der Waals surface area contributed by atoms with Crippen LogP contribution < -0.4 is 0 Å². The number of hydrogen-bond acceptors (Lipinski definition) is 6. The maximum atomic E-state index is 10.9. The first kappa shape index (κ1) is 18.0. The van der Waals surface area contributed by atoms with Gasteiger partial charge in [-0.05, 0) is 25.7 Å². The van der Waals surface area contributed by atoms with Gasteiger partial charge in [0.1, 0.15) is 13.2 Å². The van der Waals surface area contributed by atoms with E-state index in [-0.39, 0.29) is 13.2 Å². The lowest BCUT2D eigenvalue weighted by Crippen LogP contribution is -2.09. The summed E-state index contributed by atoms with van der Waals surface area (Å²) in [5.41, 5.74) is 0. The third kappa shape index (κ3) is 12.5. The van der Waals surface area contributed by atoms with Crippen LogP contribution in [0.3, 0.4) is 0 Å². The predicted molar refractivity (Wildman–Crippen MR) is 73.5 cm³/mol. The molecule has 0 radical (unpaired) electrons. The summed E-state index contributed by atoms with van der Waals surface area (Å²) < 4.78 is 18.9. The van der Waals surface area contributed by atoms with E-state index >= 15 is 0 Å². The minimum absolute atomic E-state index is 0.151. The molecule has 114 valence electrons. The van der Waals surface area contributed by atoms with Gasteiger partial charge in [-0.25, -0.2) is 9.59 Å². The van der Waals surface area contributed by atoms with Gasteiger partial charge < -0.3 is 18.9 Å². The fourth-order valence-corrected chi connectivity index (χ4v) is 1.21. The van der Waals surface area contributed by atoms with Gasteiger partial charge in [0.25, 0.3) is 0 Å². The molecule has 0 aliphatic carbocycles. The summed E-state index contributed by atoms with van der Waals surface area (Å²) in [5, 5.41) is 0. The van der Waals surface area contributed by atoms with Crippen molar-refractivity contribution in [1.29, 1.82) is 0 Å². The lowest BCUT2D eigenvalue weighted by Gasteiger charge is -2.05. The fraction of sp³-hybridized carbons (Fsp3) is 0.571. The van der Waals surface area contributed by atoms with Gasteiger partial charge in [0.05, 0.1) is 13.2 Å². The molecule has 0 fully saturated rings. The summed E-state index contributed by atoms with van der Waals surface area (Å²) in [6, 6.07) is 0. The van der Waals surface area contributed by atoms with Crippen molar-refractivity contribution in [3.05, 3.63) is 25.3 Å². The molecule has 0 saturated carbocycles. The monoisotopic (exact) mass is 286 g/mol. The molecule has 6 heteroatoms. The van der Waals surface area contributed by atoms with Gasteiger partial charge in [-0.2, -0.15) is 0 Å². The average molecular weight is 286 g/mol. The first-order valence-electron chi connectivity index (χ1n) is 6.51. The lowest BCUT2D eigenvalue weighted by molar-refractivity contribution is 0.0583. The first-order chi connectivity index (χ1) is 9.70. The molecule has 0 bridgehead atoms. The topological polar surface area (TPSA) is 71.1 Å². The molecule has 0 heterocycles. The Labute approximate surface area is 119 Å². The predicted octanol–water partition coefficient (Wildman–Crippen LogP) is 3.23. The molecular formula is C14H22O6. The Balaban J connectivity index is 3.24. The molecule has 0 aromatic carbocycles. The van der Waals surface area contributed by atoms with Crippen LogP contribution in [-0.2, 0) is 18.9 Å². The van der Waals surface area contributed by atoms with E-state index in [1.54, 1.807) is 0 Å². The maximum absolute atomic E-state index is 10.9. The van der Waals surface area contributed by atoms with Gasteiger partial charge in [-0.15, -0.1) is 0 Å². The van der Waals surface area contributed by atoms with E-state index in [0.29, 0.717) is 13.2 Å². The number of carbonyl (C=O) groups excluding carboxylic acids is 2. The molecule has 0 atom stereocenters. The Kier molecular flexibility index (Phi) is 12.1. The minimum atomic E-state index is -0.682. The first-order valence-corrected chi connectivity index (χ1v) is 6.51. The Morgan fingerprint density at radius 2 is 1.10 bits per heavy atom. The van der Waals surface area contributed by atoms with Gasteiger partial charge in [-0.3, -0.25) is 0 Å². The number of hydrogen-bond donors (Lipinski definition) is 0. The normalized spacial score (nSPS) is 9.40. The van der Waals surface area contributed by atoms with Gasteiger partial charge >= 0.3 is 12.3 Å². The number of ether oxygens (including phenoxy) is 4. The zero-order valence-corrected chi connectivity index (χ0v) is 11.7. The van der Waals surface area contributed by atoms with Crippen LogP contribution in [0.1, 0.15) is 25.7 Å². The second kappa shape index (κ2) is 13.5. The molecule has 0 aromatic heterocycles. The molecule has 6 nitrogen and oxygen atoms in total. The van der Waals surface area contributed by atoms with Gasteiger partial charge in [-0.1, -0.05) is 25.3 Å². The van der Waals surface area contributed by atoms with Crippen LogP contribution in [0, 0.1) is 0 Å². The molecule has 20 heavy (non-hydrogen) atoms. The van der Waals surface area contributed by atoms with E-state index < -0.39 is 12.3 Å². The van der Waals surface area contributed by atoms with E-state index in [9.17, 15) is 9.59 Å². The third-order valence-electron chi connectivity index (χ3n) is 2.12. The quantitative estimate of drug-likeness (QED) is 0.330. The molecule has 0 rings (SSSR count). The van der Waals surface area contributed by atoms with E-state index in [1.807, 2.05) is 0 Å². The number of carbonyl (C=O) groups is 2. The van der Waals surface area contributed by atoms with Crippen LogP contribution in [0.25, 0.3) is 0 Å². The van der Waals surface area contributed by atoms with Crippen LogP contribution in [0.2, 0.25) is 0 Å². The molecule has 0 unspecified atom stereocenters. The SMILES string of the molecule is C=CCOC(=O)OCCCCCCOC(=O)OCC=C. The second-order valence-electron chi connectivity index (χ2n) is 3.81. The molecule has 0 amide bonds. The summed E-state index contributed by atoms with van der Waals surface area (Å²) in [6.07, 6.45) is 4.81. The van der Waals surface area contributed by atoms with Crippen LogP contribution in [0.4, 0.5) is 9.59 Å². The highest BCUT2D eigenvalue weighted by molar-refractivity contribution is 5.60. The Morgan fingerprint density at radius 3 is 1.45 bits per heavy atom. The fourth-order valence-electron chi connectivity index (χ4n) is 1.21. The zero-order chi connectivity index (χ0) is 15.1. The smallest absolute Gasteiger partial charge is 0.434 e. The Morgan fingerprint density at radius 1 is 0.700 bits per heavy atom. The summed E-state index contributed by atoms with van der Waals surface area (Å²) in [7, 11) is 0. The molecule has 0 aliphatic rings. The average Bonchev–Trinajstić information content (AvgIpc) is 2.45. The van der Waals surface area contributed by atoms with Crippen LogP contribution >= 0.6 is 0 Å². The summed E-state index contributed by atoms with van der Waals surface area (Å²) in [4.78, 5) is 21.9. The third-order valence-corrected chi connectivity index (χ3v) is 2.12. The van der Waals surface area contributed by atoms with Gasteiger partial charge in [0, 0.05) is 0 Å². The lowest BCUT2D eigenvalue weighted by atomic mass is 10.2. The summed E-state index contributed by atoms with van der Waals surface area (Å²) in [6.45, 7) is 7.77. The van der Waals surface area contributed by atoms with Crippen molar-refractivity contribution < 1.29 is 28.5 Å². The molecule has 0 spiro atoms. The largest absolute Gasteiger partial charge is 0.508 e. The Hall–Kier alpha value is -1.98. The Bertz CT molecular complexity index is 270. The molecule has 0 saturated heterocycles. The van der Waals surface area contributed by atoms with E-state index in [1.165, 1.54) is 12.2 Å². The standard InChI is InChI=1S/C14H22O6/c1-3-9-17-13(15)19-11-7-5-6-8-12-20-14(16)18-10-4-2/h3-4H,1-2,5-12H2. The van der Waals surface area contributed by atoms with Crippen molar-refractivity contribution in [1.82, 2.24) is 0 Å². The molecular weight excluding hydrogens is 264 g/mol. The van der Waals surface area contributed by atoms with Gasteiger partial charge in [0.15, 0.2) is 0 Å². The van der Waals surface area contributed by atoms with Crippen LogP contribution in [-0.4, -0.2) is 38.7 Å². The van der Waals surface area contributed by atoms with Crippen molar-refractivity contribution in [2.45, 2.75) is 25.7 Å². The van der Waals surface area contributed by atoms with Gasteiger partial charge in [0.2, 0.25) is 0 Å². The zero-order valence-electron chi connectivity index (χ0n) is 11.7.